The summed E-state index contributed by atoms with van der Waals surface area (Å²) in [6, 6.07) is 12.5. The molecule has 0 bridgehead atoms. The molecule has 1 heterocycles. The molecule has 2 amide bonds. The first kappa shape index (κ1) is 25.9. The van der Waals surface area contributed by atoms with Gasteiger partial charge in [0.25, 0.3) is 5.91 Å². The number of hydrogen-bond donors (Lipinski definition) is 4. The number of nitrogens with zero attached hydrogens (tertiary/aromatic N) is 2. The number of hydroxylamine groups is 1. The summed E-state index contributed by atoms with van der Waals surface area (Å²) in [6.45, 7) is 2.38. The molecule has 4 N–H and O–H groups in total. The lowest BCUT2D eigenvalue weighted by molar-refractivity contribution is -0.129. The molecule has 0 radical (unpaired) electrons. The number of carbonyl (C=O) groups is 3. The van der Waals surface area contributed by atoms with Gasteiger partial charge in [0.05, 0.1) is 24.2 Å². The largest absolute Gasteiger partial charge is 0.478 e. The second-order valence-electron chi connectivity index (χ2n) is 8.07. The standard InChI is InChI=1S/C25H27ClN4O5/c1-2-3-7-22-27-14-21(30(22)15-16-8-10-17(11-9-16)25(33)34)24(32)28-20(13-23(31)29-35)18-5-4-6-19(26)12-18/h4-6,8-12,14,20,35H,2-3,7,13,15H2,1H3,(H,28,32)(H,29,31)(H,33,34). The molecule has 3 rings (SSSR count). The van der Waals surface area contributed by atoms with Gasteiger partial charge in [-0.1, -0.05) is 49.2 Å². The molecule has 35 heavy (non-hydrogen) atoms. The first-order valence-electron chi connectivity index (χ1n) is 11.2. The fraction of sp³-hybridized carbons (Fsp3) is 0.280. The Kier molecular flexibility index (Phi) is 8.99. The van der Waals surface area contributed by atoms with E-state index < -0.39 is 23.8 Å². The predicted octanol–water partition coefficient (Wildman–Crippen LogP) is 3.99. The van der Waals surface area contributed by atoms with Crippen molar-refractivity contribution in [2.75, 3.05) is 0 Å². The minimum Gasteiger partial charge on any atom is -0.478 e. The molecule has 0 saturated heterocycles. The summed E-state index contributed by atoms with van der Waals surface area (Å²) in [4.78, 5) is 40.9. The third-order valence-electron chi connectivity index (χ3n) is 5.54. The summed E-state index contributed by atoms with van der Waals surface area (Å²) in [5.41, 5.74) is 3.49. The van der Waals surface area contributed by atoms with Gasteiger partial charge in [-0.25, -0.2) is 15.3 Å². The number of amides is 2. The molecule has 10 heteroatoms. The maximum absolute atomic E-state index is 13.3. The van der Waals surface area contributed by atoms with Gasteiger partial charge in [-0.05, 0) is 41.8 Å². The molecule has 1 unspecified atom stereocenters. The molecule has 0 aliphatic carbocycles. The summed E-state index contributed by atoms with van der Waals surface area (Å²) in [5, 5.41) is 21.4. The van der Waals surface area contributed by atoms with Crippen LogP contribution in [0.3, 0.4) is 0 Å². The second-order valence-corrected chi connectivity index (χ2v) is 8.51. The summed E-state index contributed by atoms with van der Waals surface area (Å²) in [7, 11) is 0. The van der Waals surface area contributed by atoms with Gasteiger partial charge in [0.1, 0.15) is 11.5 Å². The number of carboxylic acids is 1. The minimum absolute atomic E-state index is 0.176. The van der Waals surface area contributed by atoms with E-state index in [2.05, 4.69) is 17.2 Å². The van der Waals surface area contributed by atoms with Gasteiger partial charge in [-0.2, -0.15) is 0 Å². The quantitative estimate of drug-likeness (QED) is 0.233. The van der Waals surface area contributed by atoms with Gasteiger partial charge in [-0.3, -0.25) is 14.8 Å². The lowest BCUT2D eigenvalue weighted by Crippen LogP contribution is -2.34. The van der Waals surface area contributed by atoms with E-state index in [0.29, 0.717) is 29.2 Å². The summed E-state index contributed by atoms with van der Waals surface area (Å²) in [6.07, 6.45) is 3.80. The predicted molar refractivity (Wildman–Crippen MR) is 130 cm³/mol. The number of aromatic nitrogens is 2. The van der Waals surface area contributed by atoms with Gasteiger partial charge in [0.2, 0.25) is 5.91 Å². The molecule has 184 valence electrons. The van der Waals surface area contributed by atoms with Crippen molar-refractivity contribution in [3.8, 4) is 0 Å². The Balaban J connectivity index is 1.91. The van der Waals surface area contributed by atoms with Crippen LogP contribution in [0.1, 0.15) is 70.0 Å². The van der Waals surface area contributed by atoms with Crippen LogP contribution in [0.5, 0.6) is 0 Å². The number of halogens is 1. The van der Waals surface area contributed by atoms with Crippen LogP contribution in [0.25, 0.3) is 0 Å². The summed E-state index contributed by atoms with van der Waals surface area (Å²) in [5.74, 6) is -1.39. The van der Waals surface area contributed by atoms with E-state index >= 15 is 0 Å². The Bertz CT molecular complexity index is 1190. The monoisotopic (exact) mass is 498 g/mol. The van der Waals surface area contributed by atoms with Gasteiger partial charge in [-0.15, -0.1) is 0 Å². The van der Waals surface area contributed by atoms with Gasteiger partial charge in [0, 0.05) is 18.0 Å². The van der Waals surface area contributed by atoms with Crippen LogP contribution >= 0.6 is 11.6 Å². The Morgan fingerprint density at radius 3 is 2.51 bits per heavy atom. The molecule has 0 fully saturated rings. The highest BCUT2D eigenvalue weighted by Gasteiger charge is 2.23. The van der Waals surface area contributed by atoms with Crippen molar-refractivity contribution in [2.45, 2.75) is 45.2 Å². The van der Waals surface area contributed by atoms with Crippen molar-refractivity contribution in [3.05, 3.63) is 88.0 Å². The van der Waals surface area contributed by atoms with Crippen molar-refractivity contribution in [1.82, 2.24) is 20.3 Å². The Morgan fingerprint density at radius 1 is 1.14 bits per heavy atom. The highest BCUT2D eigenvalue weighted by molar-refractivity contribution is 6.30. The lowest BCUT2D eigenvalue weighted by atomic mass is 10.0. The zero-order valence-electron chi connectivity index (χ0n) is 19.2. The average Bonchev–Trinajstić information content (AvgIpc) is 3.24. The van der Waals surface area contributed by atoms with Crippen LogP contribution in [-0.2, 0) is 17.8 Å². The first-order valence-corrected chi connectivity index (χ1v) is 11.6. The number of carbonyl (C=O) groups excluding carboxylic acids is 2. The molecule has 0 aliphatic heterocycles. The zero-order valence-corrected chi connectivity index (χ0v) is 20.0. The maximum Gasteiger partial charge on any atom is 0.335 e. The third kappa shape index (κ3) is 6.91. The normalized spacial score (nSPS) is 11.6. The van der Waals surface area contributed by atoms with Crippen LogP contribution in [0, 0.1) is 0 Å². The Labute approximate surface area is 207 Å². The number of nitrogens with one attached hydrogen (secondary N) is 2. The summed E-state index contributed by atoms with van der Waals surface area (Å²) < 4.78 is 1.79. The minimum atomic E-state index is -1.01. The molecular weight excluding hydrogens is 472 g/mol. The van der Waals surface area contributed by atoms with E-state index in [1.54, 1.807) is 46.4 Å². The SMILES string of the molecule is CCCCc1ncc(C(=O)NC(CC(=O)NO)c2cccc(Cl)c2)n1Cc1ccc(C(=O)O)cc1. The van der Waals surface area contributed by atoms with Crippen molar-refractivity contribution in [3.63, 3.8) is 0 Å². The van der Waals surface area contributed by atoms with Crippen molar-refractivity contribution < 1.29 is 24.7 Å². The smallest absolute Gasteiger partial charge is 0.335 e. The number of carboxylic acid groups (broad SMARTS) is 1. The van der Waals surface area contributed by atoms with Gasteiger partial charge in [0.15, 0.2) is 0 Å². The fourth-order valence-electron chi connectivity index (χ4n) is 3.68. The number of hydrogen-bond acceptors (Lipinski definition) is 5. The molecular formula is C25H27ClN4O5. The number of imidazole rings is 1. The topological polar surface area (TPSA) is 134 Å². The van der Waals surface area contributed by atoms with E-state index in [0.717, 1.165) is 24.2 Å². The van der Waals surface area contributed by atoms with Crippen LogP contribution in [-0.4, -0.2) is 37.6 Å². The van der Waals surface area contributed by atoms with Crippen molar-refractivity contribution >= 4 is 29.4 Å². The van der Waals surface area contributed by atoms with Gasteiger partial charge >= 0.3 is 5.97 Å². The number of unbranched alkanes of at least 4 members (excludes halogenated alkanes) is 1. The Hall–Kier alpha value is -3.69. The van der Waals surface area contributed by atoms with E-state index in [-0.39, 0.29) is 12.0 Å². The van der Waals surface area contributed by atoms with Crippen LogP contribution in [0.4, 0.5) is 0 Å². The molecule has 1 aromatic heterocycles. The van der Waals surface area contributed by atoms with Crippen molar-refractivity contribution in [2.24, 2.45) is 0 Å². The molecule has 3 aromatic rings. The Morgan fingerprint density at radius 2 is 1.89 bits per heavy atom. The number of aryl methyl sites for hydroxylation is 1. The maximum atomic E-state index is 13.3. The van der Waals surface area contributed by atoms with E-state index in [9.17, 15) is 14.4 Å². The highest BCUT2D eigenvalue weighted by Crippen LogP contribution is 2.22. The average molecular weight is 499 g/mol. The molecule has 1 atom stereocenters. The molecule has 0 saturated carbocycles. The molecule has 9 nitrogen and oxygen atoms in total. The number of benzene rings is 2. The van der Waals surface area contributed by atoms with Crippen LogP contribution in [0.2, 0.25) is 5.02 Å². The zero-order chi connectivity index (χ0) is 25.4. The first-order chi connectivity index (χ1) is 16.8. The fourth-order valence-corrected chi connectivity index (χ4v) is 3.88. The number of aromatic carboxylic acids is 1. The van der Waals surface area contributed by atoms with Gasteiger partial charge < -0.3 is 15.0 Å². The number of rotatable bonds is 11. The highest BCUT2D eigenvalue weighted by atomic mass is 35.5. The molecule has 0 aliphatic rings. The van der Waals surface area contributed by atoms with Crippen LogP contribution < -0.4 is 10.8 Å². The molecule has 0 spiro atoms. The summed E-state index contributed by atoms with van der Waals surface area (Å²) >= 11 is 6.10. The van der Waals surface area contributed by atoms with E-state index in [1.165, 1.54) is 18.3 Å². The van der Waals surface area contributed by atoms with Crippen molar-refractivity contribution in [1.29, 1.82) is 0 Å². The molecule has 2 aromatic carbocycles. The third-order valence-corrected chi connectivity index (χ3v) is 5.77. The van der Waals surface area contributed by atoms with E-state index in [1.807, 2.05) is 0 Å². The lowest BCUT2D eigenvalue weighted by Gasteiger charge is -2.20. The second kappa shape index (κ2) is 12.1. The van der Waals surface area contributed by atoms with Crippen LogP contribution in [0.15, 0.2) is 54.7 Å². The van der Waals surface area contributed by atoms with E-state index in [4.69, 9.17) is 21.9 Å².